The van der Waals surface area contributed by atoms with Crippen LogP contribution in [0.4, 0.5) is 4.39 Å². The molecule has 0 heterocycles. The molecular formula is C15H24ClFN2O2. The highest BCUT2D eigenvalue weighted by atomic mass is 35.5. The first-order valence-corrected chi connectivity index (χ1v) is 6.83. The van der Waals surface area contributed by atoms with Gasteiger partial charge >= 0.3 is 0 Å². The Balaban J connectivity index is 0.00000400. The number of methoxy groups -OCH3 is 1. The Morgan fingerprint density at radius 3 is 2.43 bits per heavy atom. The molecule has 1 aromatic rings. The number of nitrogens with two attached hydrogens (primary N) is 1. The average Bonchev–Trinajstić information content (AvgIpc) is 2.45. The Morgan fingerprint density at radius 2 is 2.00 bits per heavy atom. The van der Waals surface area contributed by atoms with Crippen molar-refractivity contribution in [3.63, 3.8) is 0 Å². The average molecular weight is 319 g/mol. The van der Waals surface area contributed by atoms with Crippen molar-refractivity contribution in [3.05, 3.63) is 29.6 Å². The Kier molecular flexibility index (Phi) is 8.29. The van der Waals surface area contributed by atoms with E-state index in [-0.39, 0.29) is 36.0 Å². The number of halogens is 2. The quantitative estimate of drug-likeness (QED) is 0.811. The molecule has 4 nitrogen and oxygen atoms in total. The number of carbonyl (C=O) groups excluding carboxylic acids is 1. The molecule has 0 unspecified atom stereocenters. The van der Waals surface area contributed by atoms with Crippen molar-refractivity contribution in [2.45, 2.75) is 38.6 Å². The first-order valence-electron chi connectivity index (χ1n) is 6.83. The van der Waals surface area contributed by atoms with E-state index in [9.17, 15) is 9.18 Å². The van der Waals surface area contributed by atoms with Crippen molar-refractivity contribution >= 4 is 18.3 Å². The summed E-state index contributed by atoms with van der Waals surface area (Å²) in [6, 6.07) is 4.53. The van der Waals surface area contributed by atoms with Gasteiger partial charge in [0.15, 0.2) is 11.6 Å². The Hall–Kier alpha value is -1.33. The SMILES string of the molecule is CCC(CC)(CN)NC(=O)Cc1ccc(OC)c(F)c1.Cl. The van der Waals surface area contributed by atoms with Gasteiger partial charge in [0.2, 0.25) is 5.91 Å². The lowest BCUT2D eigenvalue weighted by atomic mass is 9.92. The van der Waals surface area contributed by atoms with Crippen LogP contribution >= 0.6 is 12.4 Å². The van der Waals surface area contributed by atoms with Crippen LogP contribution in [0.2, 0.25) is 0 Å². The summed E-state index contributed by atoms with van der Waals surface area (Å²) in [4.78, 5) is 12.1. The number of carbonyl (C=O) groups is 1. The third kappa shape index (κ3) is 5.17. The fraction of sp³-hybridized carbons (Fsp3) is 0.533. The van der Waals surface area contributed by atoms with Gasteiger partial charge < -0.3 is 15.8 Å². The van der Waals surface area contributed by atoms with Gasteiger partial charge in [0.25, 0.3) is 0 Å². The molecule has 3 N–H and O–H groups in total. The molecule has 0 aliphatic carbocycles. The van der Waals surface area contributed by atoms with E-state index in [1.165, 1.54) is 19.2 Å². The molecule has 0 atom stereocenters. The van der Waals surface area contributed by atoms with Crippen molar-refractivity contribution < 1.29 is 13.9 Å². The van der Waals surface area contributed by atoms with Crippen LogP contribution in [0.5, 0.6) is 5.75 Å². The zero-order chi connectivity index (χ0) is 15.2. The van der Waals surface area contributed by atoms with Crippen molar-refractivity contribution in [2.24, 2.45) is 5.73 Å². The second-order valence-corrected chi connectivity index (χ2v) is 4.89. The first kappa shape index (κ1) is 19.7. The lowest BCUT2D eigenvalue weighted by Gasteiger charge is -2.31. The van der Waals surface area contributed by atoms with Crippen molar-refractivity contribution in [3.8, 4) is 5.75 Å². The zero-order valence-electron chi connectivity index (χ0n) is 12.7. The van der Waals surface area contributed by atoms with Crippen LogP contribution in [0, 0.1) is 5.82 Å². The summed E-state index contributed by atoms with van der Waals surface area (Å²) in [6.45, 7) is 4.37. The summed E-state index contributed by atoms with van der Waals surface area (Å²) in [7, 11) is 1.41. The van der Waals surface area contributed by atoms with Crippen LogP contribution in [-0.2, 0) is 11.2 Å². The molecule has 6 heteroatoms. The van der Waals surface area contributed by atoms with E-state index in [0.29, 0.717) is 12.1 Å². The molecule has 0 aromatic heterocycles. The van der Waals surface area contributed by atoms with Crippen LogP contribution in [0.25, 0.3) is 0 Å². The van der Waals surface area contributed by atoms with Gasteiger partial charge in [-0.25, -0.2) is 4.39 Å². The summed E-state index contributed by atoms with van der Waals surface area (Å²) < 4.78 is 18.4. The van der Waals surface area contributed by atoms with Crippen LogP contribution in [0.15, 0.2) is 18.2 Å². The zero-order valence-corrected chi connectivity index (χ0v) is 13.6. The molecule has 0 radical (unpaired) electrons. The van der Waals surface area contributed by atoms with Crippen molar-refractivity contribution in [1.82, 2.24) is 5.32 Å². The number of hydrogen-bond donors (Lipinski definition) is 2. The van der Waals surface area contributed by atoms with Crippen LogP contribution < -0.4 is 15.8 Å². The van der Waals surface area contributed by atoms with Crippen LogP contribution in [0.3, 0.4) is 0 Å². The smallest absolute Gasteiger partial charge is 0.224 e. The molecule has 0 saturated carbocycles. The monoisotopic (exact) mass is 318 g/mol. The van der Waals surface area contributed by atoms with Crippen molar-refractivity contribution in [1.29, 1.82) is 0 Å². The molecule has 0 saturated heterocycles. The number of hydrogen-bond acceptors (Lipinski definition) is 3. The molecule has 1 amide bonds. The summed E-state index contributed by atoms with van der Waals surface area (Å²) >= 11 is 0. The van der Waals surface area contributed by atoms with Gasteiger partial charge in [0, 0.05) is 6.54 Å². The van der Waals surface area contributed by atoms with E-state index in [1.807, 2.05) is 13.8 Å². The van der Waals surface area contributed by atoms with Gasteiger partial charge in [-0.15, -0.1) is 12.4 Å². The largest absolute Gasteiger partial charge is 0.494 e. The van der Waals surface area contributed by atoms with Crippen LogP contribution in [0.1, 0.15) is 32.3 Å². The maximum Gasteiger partial charge on any atom is 0.224 e. The number of ether oxygens (including phenoxy) is 1. The van der Waals surface area contributed by atoms with Gasteiger partial charge in [-0.2, -0.15) is 0 Å². The number of benzene rings is 1. The second-order valence-electron chi connectivity index (χ2n) is 4.89. The highest BCUT2D eigenvalue weighted by Crippen LogP contribution is 2.18. The molecule has 0 fully saturated rings. The summed E-state index contributed by atoms with van der Waals surface area (Å²) in [5.74, 6) is -0.440. The molecule has 21 heavy (non-hydrogen) atoms. The van der Waals surface area contributed by atoms with E-state index in [4.69, 9.17) is 10.5 Å². The van der Waals surface area contributed by atoms with Gasteiger partial charge in [-0.3, -0.25) is 4.79 Å². The molecular weight excluding hydrogens is 295 g/mol. The van der Waals surface area contributed by atoms with Gasteiger partial charge in [-0.05, 0) is 30.5 Å². The predicted octanol–water partition coefficient (Wildman–Crippen LogP) is 2.43. The topological polar surface area (TPSA) is 64.3 Å². The molecule has 0 bridgehead atoms. The Bertz CT molecular complexity index is 457. The van der Waals surface area contributed by atoms with E-state index in [2.05, 4.69) is 5.32 Å². The molecule has 1 rings (SSSR count). The number of rotatable bonds is 7. The fourth-order valence-corrected chi connectivity index (χ4v) is 2.11. The minimum Gasteiger partial charge on any atom is -0.494 e. The number of amides is 1. The van der Waals surface area contributed by atoms with E-state index < -0.39 is 5.82 Å². The molecule has 0 aliphatic rings. The lowest BCUT2D eigenvalue weighted by Crippen LogP contribution is -2.53. The van der Waals surface area contributed by atoms with Gasteiger partial charge in [0.1, 0.15) is 0 Å². The Labute approximate surface area is 131 Å². The lowest BCUT2D eigenvalue weighted by molar-refractivity contribution is -0.122. The molecule has 0 aliphatic heterocycles. The minimum absolute atomic E-state index is 0. The van der Waals surface area contributed by atoms with E-state index in [0.717, 1.165) is 12.8 Å². The maximum atomic E-state index is 13.6. The highest BCUT2D eigenvalue weighted by molar-refractivity contribution is 5.85. The summed E-state index contributed by atoms with van der Waals surface area (Å²) in [6.07, 6.45) is 1.66. The standard InChI is InChI=1S/C15H23FN2O2.ClH/c1-4-15(5-2,10-17)18-14(19)9-11-6-7-13(20-3)12(16)8-11;/h6-8H,4-5,9-10,17H2,1-3H3,(H,18,19);1H. The highest BCUT2D eigenvalue weighted by Gasteiger charge is 2.26. The maximum absolute atomic E-state index is 13.6. The van der Waals surface area contributed by atoms with Crippen LogP contribution in [-0.4, -0.2) is 25.1 Å². The number of nitrogens with one attached hydrogen (secondary N) is 1. The summed E-state index contributed by atoms with van der Waals surface area (Å²) in [5.41, 5.74) is 5.98. The fourth-order valence-electron chi connectivity index (χ4n) is 2.11. The van der Waals surface area contributed by atoms with Gasteiger partial charge in [0.05, 0.1) is 19.1 Å². The normalized spacial score (nSPS) is 10.7. The third-order valence-electron chi connectivity index (χ3n) is 3.73. The van der Waals surface area contributed by atoms with E-state index in [1.54, 1.807) is 6.07 Å². The first-order chi connectivity index (χ1) is 9.50. The van der Waals surface area contributed by atoms with Gasteiger partial charge in [-0.1, -0.05) is 19.9 Å². The third-order valence-corrected chi connectivity index (χ3v) is 3.73. The molecule has 120 valence electrons. The molecule has 0 spiro atoms. The second kappa shape index (κ2) is 8.85. The minimum atomic E-state index is -0.464. The van der Waals surface area contributed by atoms with E-state index >= 15 is 0 Å². The van der Waals surface area contributed by atoms with Crippen molar-refractivity contribution in [2.75, 3.05) is 13.7 Å². The predicted molar refractivity (Wildman–Crippen MR) is 84.4 cm³/mol. The Morgan fingerprint density at radius 1 is 1.38 bits per heavy atom. The summed E-state index contributed by atoms with van der Waals surface area (Å²) in [5, 5.41) is 2.96. The molecule has 1 aromatic carbocycles.